The fourth-order valence-corrected chi connectivity index (χ4v) is 1.14. The molecule has 1 aromatic rings. The van der Waals surface area contributed by atoms with Crippen molar-refractivity contribution >= 4 is 0 Å². The van der Waals surface area contributed by atoms with E-state index in [2.05, 4.69) is 0 Å². The van der Waals surface area contributed by atoms with E-state index in [1.165, 1.54) is 0 Å². The van der Waals surface area contributed by atoms with Crippen molar-refractivity contribution in [3.63, 3.8) is 0 Å². The number of ether oxygens (including phenoxy) is 2. The smallest absolute Gasteiger partial charge is 0.162 e. The average Bonchev–Trinajstić information content (AvgIpc) is 2.21. The molecule has 0 unspecified atom stereocenters. The molecule has 0 atom stereocenters. The van der Waals surface area contributed by atoms with Crippen LogP contribution >= 0.6 is 0 Å². The molecule has 0 aliphatic heterocycles. The van der Waals surface area contributed by atoms with Crippen molar-refractivity contribution in [3.8, 4) is 11.5 Å². The summed E-state index contributed by atoms with van der Waals surface area (Å²) in [7, 11) is 0. The third-order valence-corrected chi connectivity index (χ3v) is 1.92. The first-order valence-electron chi connectivity index (χ1n) is 5.11. The van der Waals surface area contributed by atoms with Gasteiger partial charge in [-0.25, -0.2) is 0 Å². The van der Waals surface area contributed by atoms with Crippen LogP contribution < -0.4 is 9.47 Å². The lowest BCUT2D eigenvalue weighted by Gasteiger charge is -2.25. The number of para-hydroxylation sites is 2. The number of hydrogen-bond donors (Lipinski definition) is 1. The molecule has 0 aliphatic rings. The molecule has 0 aliphatic carbocycles. The quantitative estimate of drug-likeness (QED) is 0.810. The van der Waals surface area contributed by atoms with Gasteiger partial charge in [-0.1, -0.05) is 12.1 Å². The molecule has 0 aromatic heterocycles. The van der Waals surface area contributed by atoms with Crippen LogP contribution in [-0.2, 0) is 0 Å². The zero-order valence-electron chi connectivity index (χ0n) is 9.49. The predicted molar refractivity (Wildman–Crippen MR) is 59.4 cm³/mol. The minimum atomic E-state index is -0.590. The van der Waals surface area contributed by atoms with E-state index in [9.17, 15) is 0 Å². The van der Waals surface area contributed by atoms with E-state index in [4.69, 9.17) is 14.6 Å². The second-order valence-electron chi connectivity index (χ2n) is 3.90. The molecular weight excluding hydrogens is 192 g/mol. The Morgan fingerprint density at radius 2 is 1.80 bits per heavy atom. The van der Waals surface area contributed by atoms with Crippen LogP contribution in [0.3, 0.4) is 0 Å². The van der Waals surface area contributed by atoms with E-state index in [1.807, 2.05) is 45.0 Å². The lowest BCUT2D eigenvalue weighted by Crippen LogP contribution is -2.32. The molecule has 0 spiro atoms. The molecule has 15 heavy (non-hydrogen) atoms. The van der Waals surface area contributed by atoms with Gasteiger partial charge >= 0.3 is 0 Å². The number of hydrogen-bond acceptors (Lipinski definition) is 3. The summed E-state index contributed by atoms with van der Waals surface area (Å²) in [4.78, 5) is 0. The molecule has 0 radical (unpaired) electrons. The number of rotatable bonds is 5. The van der Waals surface area contributed by atoms with Crippen LogP contribution in [-0.4, -0.2) is 23.9 Å². The fraction of sp³-hybridized carbons (Fsp3) is 0.500. The summed E-state index contributed by atoms with van der Waals surface area (Å²) in [5, 5.41) is 9.11. The minimum absolute atomic E-state index is 0.0343. The molecule has 84 valence electrons. The van der Waals surface area contributed by atoms with Crippen molar-refractivity contribution in [3.05, 3.63) is 24.3 Å². The monoisotopic (exact) mass is 210 g/mol. The Hall–Kier alpha value is -1.22. The van der Waals surface area contributed by atoms with Crippen molar-refractivity contribution < 1.29 is 14.6 Å². The van der Waals surface area contributed by atoms with Gasteiger partial charge in [0.25, 0.3) is 0 Å². The Morgan fingerprint density at radius 3 is 2.33 bits per heavy atom. The highest BCUT2D eigenvalue weighted by Gasteiger charge is 2.20. The first-order chi connectivity index (χ1) is 7.09. The zero-order chi connectivity index (χ0) is 11.3. The molecule has 1 aromatic carbocycles. The first-order valence-corrected chi connectivity index (χ1v) is 5.11. The highest BCUT2D eigenvalue weighted by molar-refractivity contribution is 5.39. The molecule has 3 nitrogen and oxygen atoms in total. The highest BCUT2D eigenvalue weighted by atomic mass is 16.5. The number of benzene rings is 1. The van der Waals surface area contributed by atoms with Gasteiger partial charge < -0.3 is 14.6 Å². The third kappa shape index (κ3) is 3.44. The second kappa shape index (κ2) is 5.03. The highest BCUT2D eigenvalue weighted by Crippen LogP contribution is 2.29. The van der Waals surface area contributed by atoms with Gasteiger partial charge in [-0.15, -0.1) is 0 Å². The van der Waals surface area contributed by atoms with E-state index in [1.54, 1.807) is 0 Å². The molecule has 1 rings (SSSR count). The van der Waals surface area contributed by atoms with Gasteiger partial charge in [0.1, 0.15) is 5.60 Å². The number of aliphatic hydroxyl groups excluding tert-OH is 1. The molecule has 0 saturated carbocycles. The Morgan fingerprint density at radius 1 is 1.20 bits per heavy atom. The molecule has 0 heterocycles. The summed E-state index contributed by atoms with van der Waals surface area (Å²) in [5.74, 6) is 1.37. The summed E-state index contributed by atoms with van der Waals surface area (Å²) in [6.45, 7) is 6.15. The molecule has 0 amide bonds. The van der Waals surface area contributed by atoms with Gasteiger partial charge in [0.2, 0.25) is 0 Å². The second-order valence-corrected chi connectivity index (χ2v) is 3.90. The van der Waals surface area contributed by atoms with E-state index in [0.717, 1.165) is 0 Å². The molecule has 0 fully saturated rings. The van der Waals surface area contributed by atoms with E-state index in [0.29, 0.717) is 18.1 Å². The molecule has 3 heteroatoms. The van der Waals surface area contributed by atoms with Gasteiger partial charge in [0.15, 0.2) is 11.5 Å². The SMILES string of the molecule is CCOc1ccccc1OC(C)(C)CO. The Kier molecular flexibility index (Phi) is 3.97. The topological polar surface area (TPSA) is 38.7 Å². The van der Waals surface area contributed by atoms with Crippen LogP contribution in [0.4, 0.5) is 0 Å². The number of aliphatic hydroxyl groups is 1. The lowest BCUT2D eigenvalue weighted by atomic mass is 10.1. The summed E-state index contributed by atoms with van der Waals surface area (Å²) in [6.07, 6.45) is 0. The van der Waals surface area contributed by atoms with Crippen molar-refractivity contribution in [1.29, 1.82) is 0 Å². The van der Waals surface area contributed by atoms with Crippen molar-refractivity contribution in [2.75, 3.05) is 13.2 Å². The summed E-state index contributed by atoms with van der Waals surface area (Å²) < 4.78 is 11.1. The standard InChI is InChI=1S/C12H18O3/c1-4-14-10-7-5-6-8-11(10)15-12(2,3)9-13/h5-8,13H,4,9H2,1-3H3. The summed E-state index contributed by atoms with van der Waals surface area (Å²) >= 11 is 0. The Labute approximate surface area is 90.6 Å². The van der Waals surface area contributed by atoms with Gasteiger partial charge in [0.05, 0.1) is 13.2 Å². The van der Waals surface area contributed by atoms with Gasteiger partial charge in [-0.3, -0.25) is 0 Å². The largest absolute Gasteiger partial charge is 0.490 e. The maximum Gasteiger partial charge on any atom is 0.162 e. The van der Waals surface area contributed by atoms with Crippen LogP contribution in [0.1, 0.15) is 20.8 Å². The molecule has 0 bridgehead atoms. The molecule has 1 N–H and O–H groups in total. The van der Waals surface area contributed by atoms with E-state index >= 15 is 0 Å². The predicted octanol–water partition coefficient (Wildman–Crippen LogP) is 2.24. The van der Waals surface area contributed by atoms with Gasteiger partial charge in [0, 0.05) is 0 Å². The van der Waals surface area contributed by atoms with Crippen LogP contribution in [0.2, 0.25) is 0 Å². The van der Waals surface area contributed by atoms with Gasteiger partial charge in [-0.2, -0.15) is 0 Å². The molecule has 0 saturated heterocycles. The van der Waals surface area contributed by atoms with Crippen LogP contribution in [0.25, 0.3) is 0 Å². The fourth-order valence-electron chi connectivity index (χ4n) is 1.14. The van der Waals surface area contributed by atoms with E-state index in [-0.39, 0.29) is 6.61 Å². The Bertz CT molecular complexity index is 307. The van der Waals surface area contributed by atoms with E-state index < -0.39 is 5.60 Å². The van der Waals surface area contributed by atoms with Crippen LogP contribution in [0, 0.1) is 0 Å². The molecular formula is C12H18O3. The van der Waals surface area contributed by atoms with Crippen LogP contribution in [0.5, 0.6) is 11.5 Å². The van der Waals surface area contributed by atoms with Gasteiger partial charge in [-0.05, 0) is 32.9 Å². The van der Waals surface area contributed by atoms with Crippen LogP contribution in [0.15, 0.2) is 24.3 Å². The lowest BCUT2D eigenvalue weighted by molar-refractivity contribution is 0.0385. The average molecular weight is 210 g/mol. The van der Waals surface area contributed by atoms with Crippen molar-refractivity contribution in [2.45, 2.75) is 26.4 Å². The first kappa shape index (κ1) is 11.9. The maximum atomic E-state index is 9.11. The van der Waals surface area contributed by atoms with Crippen molar-refractivity contribution in [1.82, 2.24) is 0 Å². The minimum Gasteiger partial charge on any atom is -0.490 e. The zero-order valence-corrected chi connectivity index (χ0v) is 9.49. The maximum absolute atomic E-state index is 9.11. The summed E-state index contributed by atoms with van der Waals surface area (Å²) in [5.41, 5.74) is -0.590. The Balaban J connectivity index is 2.84. The third-order valence-electron chi connectivity index (χ3n) is 1.92. The summed E-state index contributed by atoms with van der Waals surface area (Å²) in [6, 6.07) is 7.46. The normalized spacial score (nSPS) is 11.2. The van der Waals surface area contributed by atoms with Crippen molar-refractivity contribution in [2.24, 2.45) is 0 Å².